The monoisotopic (exact) mass is 417 g/mol. The van der Waals surface area contributed by atoms with Crippen molar-refractivity contribution < 1.29 is 9.53 Å². The molecule has 0 saturated carbocycles. The highest BCUT2D eigenvalue weighted by Crippen LogP contribution is 2.18. The van der Waals surface area contributed by atoms with Crippen LogP contribution in [0, 0.1) is 0 Å². The minimum absolute atomic E-state index is 0. The Kier molecular flexibility index (Phi) is 11.7. The molecule has 0 aliphatic heterocycles. The van der Waals surface area contributed by atoms with Crippen molar-refractivity contribution in [2.45, 2.75) is 12.6 Å². The zero-order valence-electron chi connectivity index (χ0n) is 16.1. The summed E-state index contributed by atoms with van der Waals surface area (Å²) < 4.78 is 7.51. The maximum Gasteiger partial charge on any atom is 0.242 e. The molecule has 0 aliphatic rings. The Labute approximate surface area is 173 Å². The first-order valence-corrected chi connectivity index (χ1v) is 8.30. The van der Waals surface area contributed by atoms with Crippen molar-refractivity contribution in [3.8, 4) is 5.75 Å². The van der Waals surface area contributed by atoms with Crippen LogP contribution >= 0.6 is 24.8 Å². The van der Waals surface area contributed by atoms with E-state index in [4.69, 9.17) is 4.74 Å². The molecule has 1 heterocycles. The number of carbonyl (C=O) groups is 1. The van der Waals surface area contributed by atoms with Gasteiger partial charge in [-0.05, 0) is 27.2 Å². The van der Waals surface area contributed by atoms with Gasteiger partial charge in [-0.2, -0.15) is 5.10 Å². The number of rotatable bonds is 9. The first-order valence-electron chi connectivity index (χ1n) is 8.30. The fraction of sp³-hybridized carbons (Fsp3) is 0.444. The van der Waals surface area contributed by atoms with Crippen LogP contribution in [-0.2, 0) is 18.4 Å². The van der Waals surface area contributed by atoms with E-state index in [9.17, 15) is 4.79 Å². The molecule has 27 heavy (non-hydrogen) atoms. The van der Waals surface area contributed by atoms with Crippen LogP contribution in [0.1, 0.15) is 17.2 Å². The number of halogens is 2. The molecule has 9 heteroatoms. The van der Waals surface area contributed by atoms with E-state index in [2.05, 4.69) is 20.6 Å². The van der Waals surface area contributed by atoms with Crippen LogP contribution < -0.4 is 15.4 Å². The number of nitrogens with one attached hydrogen (secondary N) is 2. The molecule has 152 valence electrons. The summed E-state index contributed by atoms with van der Waals surface area (Å²) in [7, 11) is 7.60. The average molecular weight is 418 g/mol. The number of nitrogens with zero attached hydrogens (tertiary/aromatic N) is 3. The van der Waals surface area contributed by atoms with Crippen molar-refractivity contribution in [1.29, 1.82) is 0 Å². The van der Waals surface area contributed by atoms with Gasteiger partial charge in [0.25, 0.3) is 0 Å². The number of aromatic nitrogens is 2. The number of benzene rings is 1. The molecule has 1 unspecified atom stereocenters. The van der Waals surface area contributed by atoms with Gasteiger partial charge in [-0.3, -0.25) is 9.48 Å². The molecule has 0 aliphatic carbocycles. The summed E-state index contributed by atoms with van der Waals surface area (Å²) in [4.78, 5) is 14.6. The zero-order valence-corrected chi connectivity index (χ0v) is 17.8. The van der Waals surface area contributed by atoms with Crippen molar-refractivity contribution in [2.75, 3.05) is 34.3 Å². The van der Waals surface area contributed by atoms with Crippen LogP contribution in [0.4, 0.5) is 0 Å². The van der Waals surface area contributed by atoms with Gasteiger partial charge in [0.15, 0.2) is 0 Å². The van der Waals surface area contributed by atoms with Gasteiger partial charge in [0.1, 0.15) is 18.4 Å². The summed E-state index contributed by atoms with van der Waals surface area (Å²) >= 11 is 0. The zero-order chi connectivity index (χ0) is 18.2. The molecule has 1 aromatic heterocycles. The van der Waals surface area contributed by atoms with Gasteiger partial charge in [-0.1, -0.05) is 18.2 Å². The third-order valence-electron chi connectivity index (χ3n) is 3.83. The second kappa shape index (κ2) is 12.6. The molecule has 0 saturated heterocycles. The summed E-state index contributed by atoms with van der Waals surface area (Å²) in [6.45, 7) is 1.85. The van der Waals surface area contributed by atoms with Crippen LogP contribution in [0.2, 0.25) is 0 Å². The standard InChI is InChI=1S/C18H27N5O2.2ClH/c1-19-17(15-12-21-23(4)13-15)18(24)20-11-14-7-5-6-8-16(14)25-10-9-22(2)3;;/h5-8,12-13,17,19H,9-11H2,1-4H3,(H,20,24);2*1H. The summed E-state index contributed by atoms with van der Waals surface area (Å²) in [5, 5.41) is 10.1. The molecule has 0 radical (unpaired) electrons. The molecule has 2 rings (SSSR count). The molecule has 2 N–H and O–H groups in total. The van der Waals surface area contributed by atoms with E-state index >= 15 is 0 Å². The molecule has 1 aromatic carbocycles. The SMILES string of the molecule is CNC(C(=O)NCc1ccccc1OCCN(C)C)c1cnn(C)c1.Cl.Cl. The minimum Gasteiger partial charge on any atom is -0.492 e. The molecule has 1 atom stereocenters. The fourth-order valence-corrected chi connectivity index (χ4v) is 2.45. The Morgan fingerprint density at radius 1 is 1.30 bits per heavy atom. The Morgan fingerprint density at radius 3 is 2.59 bits per heavy atom. The van der Waals surface area contributed by atoms with Gasteiger partial charge in [-0.25, -0.2) is 0 Å². The fourth-order valence-electron chi connectivity index (χ4n) is 2.45. The summed E-state index contributed by atoms with van der Waals surface area (Å²) in [6.07, 6.45) is 3.53. The number of para-hydroxylation sites is 1. The molecule has 2 aromatic rings. The first-order chi connectivity index (χ1) is 12.0. The van der Waals surface area contributed by atoms with Crippen LogP contribution in [0.5, 0.6) is 5.75 Å². The van der Waals surface area contributed by atoms with Crippen LogP contribution in [0.15, 0.2) is 36.7 Å². The summed E-state index contributed by atoms with van der Waals surface area (Å²) in [5.41, 5.74) is 1.79. The van der Waals surface area contributed by atoms with E-state index in [1.54, 1.807) is 17.9 Å². The van der Waals surface area contributed by atoms with Crippen molar-refractivity contribution in [2.24, 2.45) is 7.05 Å². The predicted octanol–water partition coefficient (Wildman–Crippen LogP) is 1.78. The first kappa shape index (κ1) is 25.2. The Balaban J connectivity index is 0.00000338. The second-order valence-electron chi connectivity index (χ2n) is 6.15. The number of ether oxygens (including phenoxy) is 1. The maximum atomic E-state index is 12.5. The van der Waals surface area contributed by atoms with Gasteiger partial charge in [0, 0.05) is 37.5 Å². The van der Waals surface area contributed by atoms with E-state index in [0.717, 1.165) is 23.4 Å². The number of hydrogen-bond donors (Lipinski definition) is 2. The molecule has 1 amide bonds. The van der Waals surface area contributed by atoms with E-state index in [0.29, 0.717) is 13.2 Å². The lowest BCUT2D eigenvalue weighted by molar-refractivity contribution is -0.123. The third kappa shape index (κ3) is 7.76. The van der Waals surface area contributed by atoms with Gasteiger partial charge in [0.05, 0.1) is 6.20 Å². The number of likely N-dealkylation sites (N-methyl/N-ethyl adjacent to an activating group) is 2. The van der Waals surface area contributed by atoms with E-state index < -0.39 is 6.04 Å². The van der Waals surface area contributed by atoms with E-state index in [1.807, 2.05) is 51.6 Å². The van der Waals surface area contributed by atoms with Gasteiger partial charge in [-0.15, -0.1) is 24.8 Å². The van der Waals surface area contributed by atoms with Crippen LogP contribution in [0.25, 0.3) is 0 Å². The van der Waals surface area contributed by atoms with E-state index in [-0.39, 0.29) is 30.7 Å². The molecular formula is C18H29Cl2N5O2. The third-order valence-corrected chi connectivity index (χ3v) is 3.83. The highest BCUT2D eigenvalue weighted by molar-refractivity contribution is 5.85. The topological polar surface area (TPSA) is 71.4 Å². The molecule has 0 spiro atoms. The largest absolute Gasteiger partial charge is 0.492 e. The van der Waals surface area contributed by atoms with E-state index in [1.165, 1.54) is 0 Å². The van der Waals surface area contributed by atoms with Gasteiger partial charge in [0.2, 0.25) is 5.91 Å². The van der Waals surface area contributed by atoms with Gasteiger partial charge >= 0.3 is 0 Å². The van der Waals surface area contributed by atoms with Crippen LogP contribution in [0.3, 0.4) is 0 Å². The van der Waals surface area contributed by atoms with Crippen molar-refractivity contribution >= 4 is 30.7 Å². The Bertz CT molecular complexity index is 694. The predicted molar refractivity (Wildman–Crippen MR) is 112 cm³/mol. The number of aryl methyl sites for hydroxylation is 1. The molecular weight excluding hydrogens is 389 g/mol. The maximum absolute atomic E-state index is 12.5. The number of amides is 1. The highest BCUT2D eigenvalue weighted by Gasteiger charge is 2.20. The highest BCUT2D eigenvalue weighted by atomic mass is 35.5. The summed E-state index contributed by atoms with van der Waals surface area (Å²) in [6, 6.07) is 7.33. The molecule has 0 fully saturated rings. The lowest BCUT2D eigenvalue weighted by Gasteiger charge is -2.17. The Morgan fingerprint density at radius 2 is 2.00 bits per heavy atom. The summed E-state index contributed by atoms with van der Waals surface area (Å²) in [5.74, 6) is 0.700. The van der Waals surface area contributed by atoms with Gasteiger partial charge < -0.3 is 20.3 Å². The van der Waals surface area contributed by atoms with Crippen molar-refractivity contribution in [3.63, 3.8) is 0 Å². The molecule has 0 bridgehead atoms. The number of hydrogen-bond acceptors (Lipinski definition) is 5. The average Bonchev–Trinajstić information content (AvgIpc) is 3.00. The van der Waals surface area contributed by atoms with Crippen LogP contribution in [-0.4, -0.2) is 54.9 Å². The second-order valence-corrected chi connectivity index (χ2v) is 6.15. The molecule has 7 nitrogen and oxygen atoms in total. The minimum atomic E-state index is -0.435. The normalized spacial score (nSPS) is 11.3. The lowest BCUT2D eigenvalue weighted by Crippen LogP contribution is -2.35. The smallest absolute Gasteiger partial charge is 0.242 e. The van der Waals surface area contributed by atoms with Crippen molar-refractivity contribution in [1.82, 2.24) is 25.3 Å². The Hall–Kier alpha value is -1.80. The lowest BCUT2D eigenvalue weighted by atomic mass is 10.1. The quantitative estimate of drug-likeness (QED) is 0.650. The van der Waals surface area contributed by atoms with Crippen molar-refractivity contribution in [3.05, 3.63) is 47.8 Å². The number of carbonyl (C=O) groups excluding carboxylic acids is 1.